The van der Waals surface area contributed by atoms with E-state index in [1.165, 1.54) is 16.6 Å². The molecule has 1 aromatic heterocycles. The van der Waals surface area contributed by atoms with E-state index in [0.717, 1.165) is 42.2 Å². The van der Waals surface area contributed by atoms with E-state index in [4.69, 9.17) is 10.7 Å². The van der Waals surface area contributed by atoms with Gasteiger partial charge in [-0.2, -0.15) is 5.26 Å². The van der Waals surface area contributed by atoms with Gasteiger partial charge in [0.1, 0.15) is 16.7 Å². The van der Waals surface area contributed by atoms with Gasteiger partial charge in [-0.25, -0.2) is 9.38 Å². The predicted molar refractivity (Wildman–Crippen MR) is 137 cm³/mol. The number of rotatable bonds is 1. The summed E-state index contributed by atoms with van der Waals surface area (Å²) in [6, 6.07) is 6.95. The number of hydrogen-bond donors (Lipinski definition) is 1. The number of nitriles is 1. The number of allylic oxidation sites excluding steroid dienone is 3. The van der Waals surface area contributed by atoms with Gasteiger partial charge < -0.3 is 10.6 Å². The van der Waals surface area contributed by atoms with E-state index in [0.29, 0.717) is 52.4 Å². The van der Waals surface area contributed by atoms with Gasteiger partial charge in [-0.05, 0) is 49.8 Å². The lowest BCUT2D eigenvalue weighted by Gasteiger charge is -2.41. The third-order valence-corrected chi connectivity index (χ3v) is 9.65. The number of Topliss-reactive ketones (excluding diaryl/α,β-unsaturated/α-hetero) is 1. The van der Waals surface area contributed by atoms with Crippen molar-refractivity contribution in [2.75, 3.05) is 22.9 Å². The normalized spacial score (nSPS) is 23.1. The highest BCUT2D eigenvalue weighted by molar-refractivity contribution is 9.10. The SMILES string of the molecule is N#CC1=C2N=C(N)c3c(sc4c3C3CCN4CC3)N2C2=C(C(=O)CCC2)C1c1cc(Br)ccc1F. The Balaban J connectivity index is 1.53. The molecule has 1 unspecified atom stereocenters. The summed E-state index contributed by atoms with van der Waals surface area (Å²) in [6.45, 7) is 2.08. The number of fused-ring (bicyclic) bond motifs is 6. The Labute approximate surface area is 214 Å². The van der Waals surface area contributed by atoms with Crippen molar-refractivity contribution in [2.24, 2.45) is 10.7 Å². The minimum Gasteiger partial charge on any atom is -0.383 e. The summed E-state index contributed by atoms with van der Waals surface area (Å²) in [4.78, 5) is 22.6. The van der Waals surface area contributed by atoms with Gasteiger partial charge in [-0.1, -0.05) is 27.3 Å². The number of benzene rings is 1. The number of carbonyl (C=O) groups is 1. The molecule has 9 heteroatoms. The van der Waals surface area contributed by atoms with E-state index >= 15 is 4.39 Å². The molecule has 2 aromatic rings. The van der Waals surface area contributed by atoms with E-state index in [1.54, 1.807) is 23.5 Å². The van der Waals surface area contributed by atoms with Gasteiger partial charge in [0.25, 0.3) is 0 Å². The molecular weight excluding hydrogens is 529 g/mol. The van der Waals surface area contributed by atoms with Crippen molar-refractivity contribution in [3.8, 4) is 6.07 Å². The monoisotopic (exact) mass is 549 g/mol. The molecule has 2 N–H and O–H groups in total. The summed E-state index contributed by atoms with van der Waals surface area (Å²) >= 11 is 5.11. The second-order valence-electron chi connectivity index (χ2n) is 9.68. The first-order valence-corrected chi connectivity index (χ1v) is 13.5. The second-order valence-corrected chi connectivity index (χ2v) is 11.6. The minimum atomic E-state index is -0.806. The number of ketones is 1. The molecule has 0 saturated carbocycles. The average Bonchev–Trinajstić information content (AvgIpc) is 3.29. The molecule has 1 aromatic carbocycles. The van der Waals surface area contributed by atoms with Crippen LogP contribution in [0.3, 0.4) is 0 Å². The molecule has 1 saturated heterocycles. The number of anilines is 2. The van der Waals surface area contributed by atoms with Crippen molar-refractivity contribution in [3.05, 3.63) is 67.8 Å². The van der Waals surface area contributed by atoms with Crippen LogP contribution >= 0.6 is 27.3 Å². The van der Waals surface area contributed by atoms with Crippen molar-refractivity contribution in [1.82, 2.24) is 0 Å². The molecule has 5 aliphatic heterocycles. The number of nitrogens with zero attached hydrogens (tertiary/aromatic N) is 4. The first kappa shape index (κ1) is 21.3. The summed E-state index contributed by atoms with van der Waals surface area (Å²) in [6.07, 6.45) is 3.98. The molecule has 1 aliphatic carbocycles. The number of halogens is 2. The quantitative estimate of drug-likeness (QED) is 0.513. The Morgan fingerprint density at radius 1 is 1.23 bits per heavy atom. The van der Waals surface area contributed by atoms with Gasteiger partial charge in [0.2, 0.25) is 0 Å². The van der Waals surface area contributed by atoms with Crippen LogP contribution in [0.15, 0.2) is 50.3 Å². The van der Waals surface area contributed by atoms with Crippen LogP contribution in [0.25, 0.3) is 0 Å². The number of piperidine rings is 1. The third-order valence-electron chi connectivity index (χ3n) is 7.90. The Kier molecular flexibility index (Phi) is 4.58. The van der Waals surface area contributed by atoms with Crippen LogP contribution in [-0.4, -0.2) is 24.7 Å². The van der Waals surface area contributed by atoms with Crippen LogP contribution in [0, 0.1) is 17.1 Å². The smallest absolute Gasteiger partial charge is 0.161 e. The molecule has 176 valence electrons. The molecular formula is C26H21BrFN5OS. The second kappa shape index (κ2) is 7.52. The Morgan fingerprint density at radius 2 is 2.03 bits per heavy atom. The number of carbonyl (C=O) groups excluding carboxylic acids is 1. The molecule has 1 atom stereocenters. The van der Waals surface area contributed by atoms with E-state index in [9.17, 15) is 10.1 Å². The fraction of sp³-hybridized carbons (Fsp3) is 0.346. The third kappa shape index (κ3) is 2.84. The van der Waals surface area contributed by atoms with Crippen LogP contribution in [0.1, 0.15) is 60.6 Å². The lowest BCUT2D eigenvalue weighted by atomic mass is 9.75. The maximum atomic E-state index is 15.2. The zero-order chi connectivity index (χ0) is 24.0. The van der Waals surface area contributed by atoms with Gasteiger partial charge in [0.15, 0.2) is 11.6 Å². The molecule has 0 spiro atoms. The Bertz CT molecular complexity index is 1470. The van der Waals surface area contributed by atoms with Crippen molar-refractivity contribution in [2.45, 2.75) is 43.9 Å². The lowest BCUT2D eigenvalue weighted by Crippen LogP contribution is -2.40. The largest absolute Gasteiger partial charge is 0.383 e. The van der Waals surface area contributed by atoms with E-state index < -0.39 is 11.7 Å². The van der Waals surface area contributed by atoms with Gasteiger partial charge in [-0.15, -0.1) is 0 Å². The first-order chi connectivity index (χ1) is 17.0. The number of amidine groups is 1. The molecule has 6 aliphatic rings. The zero-order valence-electron chi connectivity index (χ0n) is 18.8. The summed E-state index contributed by atoms with van der Waals surface area (Å²) in [5, 5.41) is 12.6. The maximum Gasteiger partial charge on any atom is 0.161 e. The summed E-state index contributed by atoms with van der Waals surface area (Å²) in [5.41, 5.74) is 10.8. The average molecular weight is 550 g/mol. The fourth-order valence-electron chi connectivity index (χ4n) is 6.40. The zero-order valence-corrected chi connectivity index (χ0v) is 21.2. The van der Waals surface area contributed by atoms with Crippen molar-refractivity contribution in [1.29, 1.82) is 5.26 Å². The van der Waals surface area contributed by atoms with Crippen molar-refractivity contribution >= 4 is 48.9 Å². The van der Waals surface area contributed by atoms with E-state index in [-0.39, 0.29) is 11.4 Å². The molecule has 0 radical (unpaired) electrons. The molecule has 6 heterocycles. The first-order valence-electron chi connectivity index (χ1n) is 11.9. The highest BCUT2D eigenvalue weighted by Crippen LogP contribution is 2.58. The van der Waals surface area contributed by atoms with E-state index in [2.05, 4.69) is 26.9 Å². The highest BCUT2D eigenvalue weighted by Gasteiger charge is 2.47. The molecule has 35 heavy (non-hydrogen) atoms. The topological polar surface area (TPSA) is 85.7 Å². The van der Waals surface area contributed by atoms with Crippen LogP contribution in [-0.2, 0) is 4.79 Å². The summed E-state index contributed by atoms with van der Waals surface area (Å²) < 4.78 is 15.9. The standard InChI is InChI=1S/C26H21BrFN5OS/c27-13-4-5-16(28)14(10-13)20-15(11-29)24-31-23(30)22-19-12-6-8-32(9-7-12)25(19)35-26(22)33(24)17-2-1-3-18(34)21(17)20/h4-5,10,12,20H,1-3,6-9H2,(H2,30,31). The maximum absolute atomic E-state index is 15.2. The Morgan fingerprint density at radius 3 is 2.80 bits per heavy atom. The van der Waals surface area contributed by atoms with E-state index in [1.807, 2.05) is 4.90 Å². The molecule has 6 nitrogen and oxygen atoms in total. The molecule has 0 amide bonds. The van der Waals surface area contributed by atoms with Crippen LogP contribution in [0.4, 0.5) is 14.4 Å². The lowest BCUT2D eigenvalue weighted by molar-refractivity contribution is -0.116. The number of aliphatic imine (C=N–C) groups is 1. The Hall–Kier alpha value is -2.96. The number of thiophene rings is 1. The summed E-state index contributed by atoms with van der Waals surface area (Å²) in [5.74, 6) is 0.00562. The number of nitrogens with two attached hydrogens (primary N) is 1. The number of hydrogen-bond acceptors (Lipinski definition) is 7. The van der Waals surface area contributed by atoms with Crippen LogP contribution in [0.5, 0.6) is 0 Å². The molecule has 1 fully saturated rings. The highest BCUT2D eigenvalue weighted by atomic mass is 79.9. The van der Waals surface area contributed by atoms with Gasteiger partial charge in [0.05, 0.1) is 28.1 Å². The van der Waals surface area contributed by atoms with Crippen LogP contribution in [0.2, 0.25) is 0 Å². The van der Waals surface area contributed by atoms with Crippen LogP contribution < -0.4 is 15.5 Å². The minimum absolute atomic E-state index is 0.0309. The van der Waals surface area contributed by atoms with Crippen molar-refractivity contribution in [3.63, 3.8) is 0 Å². The van der Waals surface area contributed by atoms with Gasteiger partial charge in [-0.3, -0.25) is 9.69 Å². The molecule has 8 rings (SSSR count). The summed E-state index contributed by atoms with van der Waals surface area (Å²) in [7, 11) is 0. The predicted octanol–water partition coefficient (Wildman–Crippen LogP) is 5.41. The van der Waals surface area contributed by atoms with Gasteiger partial charge in [0, 0.05) is 46.4 Å². The fourth-order valence-corrected chi connectivity index (χ4v) is 8.26. The van der Waals surface area contributed by atoms with Gasteiger partial charge >= 0.3 is 0 Å². The molecule has 2 bridgehead atoms. The van der Waals surface area contributed by atoms with Crippen molar-refractivity contribution < 1.29 is 9.18 Å².